The van der Waals surface area contributed by atoms with Gasteiger partial charge in [0, 0.05) is 24.2 Å². The van der Waals surface area contributed by atoms with Gasteiger partial charge in [0.05, 0.1) is 10.9 Å². The standard InChI is InChI=1S/C14H14ClN3O/c15-9-4-5-12-11(7-9)13(19)18-8-10-3-1-2-6-17(10)14(18)16-12/h4-5,7,10H,1-3,6,8H2. The van der Waals surface area contributed by atoms with Gasteiger partial charge in [-0.15, -0.1) is 0 Å². The molecule has 0 aliphatic carbocycles. The summed E-state index contributed by atoms with van der Waals surface area (Å²) in [4.78, 5) is 19.5. The van der Waals surface area contributed by atoms with Crippen LogP contribution in [0.4, 0.5) is 5.95 Å². The molecule has 2 aromatic rings. The number of hydrogen-bond donors (Lipinski definition) is 0. The molecule has 1 unspecified atom stereocenters. The Balaban J connectivity index is 1.98. The number of aromatic nitrogens is 2. The second-order valence-corrected chi connectivity index (χ2v) is 5.77. The van der Waals surface area contributed by atoms with Gasteiger partial charge in [-0.25, -0.2) is 4.98 Å². The molecule has 3 heterocycles. The van der Waals surface area contributed by atoms with Crippen molar-refractivity contribution in [1.82, 2.24) is 9.55 Å². The van der Waals surface area contributed by atoms with Gasteiger partial charge in [0.2, 0.25) is 5.95 Å². The molecule has 0 bridgehead atoms. The first-order valence-electron chi connectivity index (χ1n) is 6.71. The summed E-state index contributed by atoms with van der Waals surface area (Å²) < 4.78 is 1.81. The van der Waals surface area contributed by atoms with Crippen molar-refractivity contribution >= 4 is 28.5 Å². The number of benzene rings is 1. The lowest BCUT2D eigenvalue weighted by Gasteiger charge is -2.29. The van der Waals surface area contributed by atoms with Crippen molar-refractivity contribution in [3.8, 4) is 0 Å². The lowest BCUT2D eigenvalue weighted by Crippen LogP contribution is -2.36. The SMILES string of the molecule is O=c1c2cc(Cl)ccc2nc2n1CC1CCCCN21. The summed E-state index contributed by atoms with van der Waals surface area (Å²) >= 11 is 5.98. The summed E-state index contributed by atoms with van der Waals surface area (Å²) in [6, 6.07) is 5.78. The highest BCUT2D eigenvalue weighted by molar-refractivity contribution is 6.31. The molecule has 98 valence electrons. The Morgan fingerprint density at radius 1 is 1.32 bits per heavy atom. The van der Waals surface area contributed by atoms with Gasteiger partial charge in [0.25, 0.3) is 5.56 Å². The van der Waals surface area contributed by atoms with Crippen molar-refractivity contribution in [2.45, 2.75) is 31.8 Å². The summed E-state index contributed by atoms with van der Waals surface area (Å²) in [7, 11) is 0. The van der Waals surface area contributed by atoms with Gasteiger partial charge in [-0.3, -0.25) is 9.36 Å². The van der Waals surface area contributed by atoms with Crippen LogP contribution in [-0.2, 0) is 6.54 Å². The first kappa shape index (κ1) is 11.3. The lowest BCUT2D eigenvalue weighted by molar-refractivity contribution is 0.459. The van der Waals surface area contributed by atoms with Crippen LogP contribution in [0.3, 0.4) is 0 Å². The van der Waals surface area contributed by atoms with Crippen molar-refractivity contribution in [3.05, 3.63) is 33.6 Å². The van der Waals surface area contributed by atoms with Gasteiger partial charge in [-0.05, 0) is 37.5 Å². The fourth-order valence-electron chi connectivity index (χ4n) is 3.23. The Hall–Kier alpha value is -1.55. The average molecular weight is 276 g/mol. The Morgan fingerprint density at radius 3 is 3.11 bits per heavy atom. The van der Waals surface area contributed by atoms with Crippen molar-refractivity contribution in [1.29, 1.82) is 0 Å². The normalized spacial score (nSPS) is 21.5. The number of fused-ring (bicyclic) bond motifs is 4. The first-order chi connectivity index (χ1) is 9.24. The smallest absolute Gasteiger partial charge is 0.262 e. The van der Waals surface area contributed by atoms with Crippen molar-refractivity contribution in [3.63, 3.8) is 0 Å². The largest absolute Gasteiger partial charge is 0.337 e. The van der Waals surface area contributed by atoms with E-state index in [1.54, 1.807) is 12.1 Å². The third-order valence-corrected chi connectivity index (χ3v) is 4.41. The zero-order chi connectivity index (χ0) is 13.0. The van der Waals surface area contributed by atoms with Crippen LogP contribution in [0.2, 0.25) is 5.02 Å². The van der Waals surface area contributed by atoms with Gasteiger partial charge in [-0.1, -0.05) is 11.6 Å². The number of rotatable bonds is 0. The van der Waals surface area contributed by atoms with Crippen LogP contribution < -0.4 is 10.5 Å². The van der Waals surface area contributed by atoms with Crippen LogP contribution in [0.25, 0.3) is 10.9 Å². The van der Waals surface area contributed by atoms with E-state index in [9.17, 15) is 4.79 Å². The van der Waals surface area contributed by atoms with E-state index in [1.807, 2.05) is 10.6 Å². The van der Waals surface area contributed by atoms with Crippen LogP contribution in [0.15, 0.2) is 23.0 Å². The molecule has 19 heavy (non-hydrogen) atoms. The van der Waals surface area contributed by atoms with Crippen LogP contribution in [0, 0.1) is 0 Å². The number of anilines is 1. The number of piperidine rings is 1. The molecule has 0 spiro atoms. The van der Waals surface area contributed by atoms with Crippen LogP contribution in [-0.4, -0.2) is 22.1 Å². The average Bonchev–Trinajstić information content (AvgIpc) is 2.79. The molecule has 4 rings (SSSR count). The molecule has 5 heteroatoms. The fraction of sp³-hybridized carbons (Fsp3) is 0.429. The summed E-state index contributed by atoms with van der Waals surface area (Å²) in [6.07, 6.45) is 3.58. The predicted octanol–water partition coefficient (Wildman–Crippen LogP) is 2.42. The molecule has 1 atom stereocenters. The minimum atomic E-state index is 0.0388. The highest BCUT2D eigenvalue weighted by atomic mass is 35.5. The maximum Gasteiger partial charge on any atom is 0.262 e. The molecule has 1 saturated heterocycles. The van der Waals surface area contributed by atoms with E-state index in [1.165, 1.54) is 12.8 Å². The van der Waals surface area contributed by atoms with E-state index in [2.05, 4.69) is 9.88 Å². The van der Waals surface area contributed by atoms with Gasteiger partial charge in [0.1, 0.15) is 0 Å². The Kier molecular flexibility index (Phi) is 2.36. The van der Waals surface area contributed by atoms with E-state index in [-0.39, 0.29) is 5.56 Å². The second-order valence-electron chi connectivity index (χ2n) is 5.33. The molecular weight excluding hydrogens is 262 g/mol. The van der Waals surface area contributed by atoms with Gasteiger partial charge in [-0.2, -0.15) is 0 Å². The zero-order valence-electron chi connectivity index (χ0n) is 10.5. The molecule has 0 N–H and O–H groups in total. The van der Waals surface area contributed by atoms with Crippen LogP contribution in [0.5, 0.6) is 0 Å². The summed E-state index contributed by atoms with van der Waals surface area (Å²) in [5.74, 6) is 0.838. The minimum Gasteiger partial charge on any atom is -0.337 e. The maximum atomic E-state index is 12.6. The summed E-state index contributed by atoms with van der Waals surface area (Å²) in [5.41, 5.74) is 0.781. The summed E-state index contributed by atoms with van der Waals surface area (Å²) in [6.45, 7) is 1.78. The lowest BCUT2D eigenvalue weighted by atomic mass is 10.0. The Labute approximate surface area is 115 Å². The van der Waals surface area contributed by atoms with Crippen LogP contribution in [0.1, 0.15) is 19.3 Å². The zero-order valence-corrected chi connectivity index (χ0v) is 11.2. The van der Waals surface area contributed by atoms with Crippen molar-refractivity contribution < 1.29 is 0 Å². The van der Waals surface area contributed by atoms with Crippen molar-refractivity contribution in [2.75, 3.05) is 11.4 Å². The molecule has 0 amide bonds. The van der Waals surface area contributed by atoms with Gasteiger partial charge in [0.15, 0.2) is 0 Å². The van der Waals surface area contributed by atoms with E-state index in [0.29, 0.717) is 16.5 Å². The van der Waals surface area contributed by atoms with E-state index in [4.69, 9.17) is 11.6 Å². The predicted molar refractivity (Wildman–Crippen MR) is 76.0 cm³/mol. The third-order valence-electron chi connectivity index (χ3n) is 4.17. The van der Waals surface area contributed by atoms with E-state index >= 15 is 0 Å². The van der Waals surface area contributed by atoms with Crippen molar-refractivity contribution in [2.24, 2.45) is 0 Å². The highest BCUT2D eigenvalue weighted by Crippen LogP contribution is 2.30. The third kappa shape index (κ3) is 1.59. The highest BCUT2D eigenvalue weighted by Gasteiger charge is 2.33. The molecule has 1 aromatic carbocycles. The molecule has 4 nitrogen and oxygen atoms in total. The van der Waals surface area contributed by atoms with E-state index < -0.39 is 0 Å². The number of halogens is 1. The Morgan fingerprint density at radius 2 is 2.21 bits per heavy atom. The topological polar surface area (TPSA) is 38.1 Å². The Bertz CT molecular complexity index is 724. The molecule has 1 fully saturated rings. The van der Waals surface area contributed by atoms with Gasteiger partial charge >= 0.3 is 0 Å². The quantitative estimate of drug-likeness (QED) is 0.741. The monoisotopic (exact) mass is 275 g/mol. The fourth-order valence-corrected chi connectivity index (χ4v) is 3.40. The van der Waals surface area contributed by atoms with Gasteiger partial charge < -0.3 is 4.90 Å². The molecular formula is C14H14ClN3O. The summed E-state index contributed by atoms with van der Waals surface area (Å²) in [5, 5.41) is 1.21. The molecule has 2 aliphatic rings. The number of nitrogens with zero attached hydrogens (tertiary/aromatic N) is 3. The first-order valence-corrected chi connectivity index (χ1v) is 7.08. The van der Waals surface area contributed by atoms with Crippen LogP contribution >= 0.6 is 11.6 Å². The molecule has 0 saturated carbocycles. The molecule has 2 aliphatic heterocycles. The minimum absolute atomic E-state index is 0.0388. The maximum absolute atomic E-state index is 12.6. The van der Waals surface area contributed by atoms with E-state index in [0.717, 1.165) is 31.0 Å². The number of hydrogen-bond acceptors (Lipinski definition) is 3. The second kappa shape index (κ2) is 3.97. The molecule has 1 aromatic heterocycles. The molecule has 0 radical (unpaired) electrons.